The molecule has 0 unspecified atom stereocenters. The van der Waals surface area contributed by atoms with Gasteiger partial charge < -0.3 is 20.9 Å². The van der Waals surface area contributed by atoms with Crippen LogP contribution in [-0.2, 0) is 22.6 Å². The maximum Gasteiger partial charge on any atom is 0.247 e. The minimum Gasteiger partial charge on any atom is -0.368 e. The predicted molar refractivity (Wildman–Crippen MR) is 139 cm³/mol. The number of amides is 2. The van der Waals surface area contributed by atoms with Crippen molar-refractivity contribution in [2.45, 2.75) is 25.4 Å². The number of benzene rings is 3. The van der Waals surface area contributed by atoms with Gasteiger partial charge in [0.05, 0.1) is 24.3 Å². The Labute approximate surface area is 205 Å². The molecule has 0 radical (unpaired) electrons. The molecular weight excluding hydrogens is 438 g/mol. The number of rotatable bonds is 8. The fraction of sp³-hybridized carbons (Fsp3) is 0.250. The minimum atomic E-state index is -0.371. The van der Waals surface area contributed by atoms with E-state index in [-0.39, 0.29) is 17.9 Å². The highest BCUT2D eigenvalue weighted by Gasteiger charge is 2.32. The zero-order chi connectivity index (χ0) is 24.0. The highest BCUT2D eigenvalue weighted by atomic mass is 16.2. The molecule has 2 aliphatic heterocycles. The lowest BCUT2D eigenvalue weighted by atomic mass is 10.0. The molecular formula is C28H29N5O2. The van der Waals surface area contributed by atoms with Crippen molar-refractivity contribution in [3.05, 3.63) is 95.6 Å². The fourth-order valence-electron chi connectivity index (χ4n) is 4.59. The van der Waals surface area contributed by atoms with E-state index in [2.05, 4.69) is 38.0 Å². The summed E-state index contributed by atoms with van der Waals surface area (Å²) in [6.45, 7) is 2.71. The smallest absolute Gasteiger partial charge is 0.247 e. The summed E-state index contributed by atoms with van der Waals surface area (Å²) >= 11 is 0. The molecule has 3 aromatic carbocycles. The average molecular weight is 468 g/mol. The van der Waals surface area contributed by atoms with E-state index in [1.807, 2.05) is 66.7 Å². The zero-order valence-electron chi connectivity index (χ0n) is 19.5. The first-order chi connectivity index (χ1) is 17.2. The van der Waals surface area contributed by atoms with Gasteiger partial charge in [-0.05, 0) is 29.7 Å². The molecule has 0 aliphatic carbocycles. The Hall–Kier alpha value is -4.13. The summed E-state index contributed by atoms with van der Waals surface area (Å²) in [5.41, 5.74) is 4.92. The maximum atomic E-state index is 13.0. The van der Waals surface area contributed by atoms with Gasteiger partial charge in [-0.3, -0.25) is 14.6 Å². The summed E-state index contributed by atoms with van der Waals surface area (Å²) < 4.78 is 0. The minimum absolute atomic E-state index is 0.0482. The molecule has 0 aromatic heterocycles. The molecule has 5 rings (SSSR count). The first kappa shape index (κ1) is 22.7. The number of carbonyl (C=O) groups is 2. The van der Waals surface area contributed by atoms with Crippen molar-refractivity contribution in [2.75, 3.05) is 29.9 Å². The molecule has 2 amide bonds. The number of hydrogen-bond donors (Lipinski definition) is 3. The van der Waals surface area contributed by atoms with E-state index in [1.54, 1.807) is 0 Å². The van der Waals surface area contributed by atoms with Crippen LogP contribution in [0.2, 0.25) is 0 Å². The first-order valence-electron chi connectivity index (χ1n) is 12.0. The van der Waals surface area contributed by atoms with Gasteiger partial charge in [0.1, 0.15) is 11.9 Å². The summed E-state index contributed by atoms with van der Waals surface area (Å²) in [4.78, 5) is 32.1. The van der Waals surface area contributed by atoms with Crippen LogP contribution in [0.25, 0.3) is 0 Å². The topological polar surface area (TPSA) is 85.8 Å². The van der Waals surface area contributed by atoms with E-state index in [1.165, 1.54) is 0 Å². The number of carbonyl (C=O) groups excluding carboxylic acids is 2. The van der Waals surface area contributed by atoms with Crippen LogP contribution in [-0.4, -0.2) is 43.3 Å². The molecule has 3 aromatic rings. The number of nitrogens with zero attached hydrogens (tertiary/aromatic N) is 2. The Morgan fingerprint density at radius 2 is 1.74 bits per heavy atom. The van der Waals surface area contributed by atoms with Gasteiger partial charge in [0.2, 0.25) is 11.8 Å². The van der Waals surface area contributed by atoms with Crippen LogP contribution in [0.1, 0.15) is 23.1 Å². The maximum absolute atomic E-state index is 13.0. The normalized spacial score (nSPS) is 16.7. The van der Waals surface area contributed by atoms with E-state index in [0.29, 0.717) is 25.9 Å². The van der Waals surface area contributed by atoms with Gasteiger partial charge in [-0.2, -0.15) is 0 Å². The Bertz CT molecular complexity index is 1220. The van der Waals surface area contributed by atoms with Crippen LogP contribution < -0.4 is 20.9 Å². The van der Waals surface area contributed by atoms with Gasteiger partial charge in [-0.25, -0.2) is 0 Å². The van der Waals surface area contributed by atoms with E-state index >= 15 is 0 Å². The van der Waals surface area contributed by atoms with Crippen LogP contribution in [0, 0.1) is 0 Å². The van der Waals surface area contributed by atoms with Gasteiger partial charge in [-0.1, -0.05) is 66.7 Å². The lowest BCUT2D eigenvalue weighted by Crippen LogP contribution is -2.49. The molecule has 0 fully saturated rings. The second-order valence-corrected chi connectivity index (χ2v) is 8.81. The molecule has 2 aliphatic rings. The van der Waals surface area contributed by atoms with Crippen LogP contribution in [0.15, 0.2) is 83.9 Å². The second kappa shape index (κ2) is 10.4. The van der Waals surface area contributed by atoms with Crippen molar-refractivity contribution in [3.63, 3.8) is 0 Å². The molecule has 178 valence electrons. The largest absolute Gasteiger partial charge is 0.368 e. The predicted octanol–water partition coefficient (Wildman–Crippen LogP) is 3.11. The Morgan fingerprint density at radius 1 is 0.971 bits per heavy atom. The van der Waals surface area contributed by atoms with Crippen LogP contribution >= 0.6 is 0 Å². The van der Waals surface area contributed by atoms with Gasteiger partial charge in [-0.15, -0.1) is 0 Å². The number of amidine groups is 1. The Balaban J connectivity index is 1.20. The van der Waals surface area contributed by atoms with Crippen molar-refractivity contribution in [2.24, 2.45) is 4.99 Å². The van der Waals surface area contributed by atoms with Crippen LogP contribution in [0.5, 0.6) is 0 Å². The molecule has 0 saturated carbocycles. The van der Waals surface area contributed by atoms with E-state index < -0.39 is 0 Å². The average Bonchev–Trinajstić information content (AvgIpc) is 3.42. The molecule has 1 atom stereocenters. The van der Waals surface area contributed by atoms with Crippen molar-refractivity contribution in [3.8, 4) is 0 Å². The van der Waals surface area contributed by atoms with Crippen LogP contribution in [0.3, 0.4) is 0 Å². The van der Waals surface area contributed by atoms with Crippen molar-refractivity contribution in [1.29, 1.82) is 0 Å². The third kappa shape index (κ3) is 5.35. The van der Waals surface area contributed by atoms with E-state index in [9.17, 15) is 9.59 Å². The lowest BCUT2D eigenvalue weighted by molar-refractivity contribution is -0.121. The molecule has 3 N–H and O–H groups in total. The molecule has 35 heavy (non-hydrogen) atoms. The zero-order valence-corrected chi connectivity index (χ0v) is 19.5. The van der Waals surface area contributed by atoms with E-state index in [0.717, 1.165) is 47.0 Å². The first-order valence-corrected chi connectivity index (χ1v) is 12.0. The number of hydrogen-bond acceptors (Lipinski definition) is 5. The molecule has 0 bridgehead atoms. The fourth-order valence-corrected chi connectivity index (χ4v) is 4.59. The molecule has 2 heterocycles. The number of aliphatic imine (C=N–C) groups is 1. The SMILES string of the molecule is O=C(Cc1ccc(C2=NCCN2)cc1)NCC[C@@H]1C(=O)Nc2ccccc2N1Cc1ccccc1. The third-order valence-corrected chi connectivity index (χ3v) is 6.35. The third-order valence-electron chi connectivity index (χ3n) is 6.35. The summed E-state index contributed by atoms with van der Waals surface area (Å²) in [5.74, 6) is 0.807. The van der Waals surface area contributed by atoms with Crippen molar-refractivity contribution >= 4 is 29.0 Å². The molecule has 0 spiro atoms. The van der Waals surface area contributed by atoms with E-state index in [4.69, 9.17) is 0 Å². The monoisotopic (exact) mass is 467 g/mol. The lowest BCUT2D eigenvalue weighted by Gasteiger charge is -2.38. The van der Waals surface area contributed by atoms with Crippen LogP contribution in [0.4, 0.5) is 11.4 Å². The summed E-state index contributed by atoms with van der Waals surface area (Å²) in [5, 5.41) is 9.27. The molecule has 7 nitrogen and oxygen atoms in total. The number of para-hydroxylation sites is 2. The van der Waals surface area contributed by atoms with Gasteiger partial charge in [0.15, 0.2) is 0 Å². The summed E-state index contributed by atoms with van der Waals surface area (Å²) in [6.07, 6.45) is 0.816. The van der Waals surface area contributed by atoms with Gasteiger partial charge in [0, 0.05) is 25.2 Å². The Morgan fingerprint density at radius 3 is 2.51 bits per heavy atom. The van der Waals surface area contributed by atoms with Crippen molar-refractivity contribution in [1.82, 2.24) is 10.6 Å². The van der Waals surface area contributed by atoms with Crippen molar-refractivity contribution < 1.29 is 9.59 Å². The molecule has 0 saturated heterocycles. The quantitative estimate of drug-likeness (QED) is 0.475. The second-order valence-electron chi connectivity index (χ2n) is 8.81. The van der Waals surface area contributed by atoms with Gasteiger partial charge >= 0.3 is 0 Å². The highest BCUT2D eigenvalue weighted by Crippen LogP contribution is 2.33. The summed E-state index contributed by atoms with van der Waals surface area (Å²) in [6, 6.07) is 25.5. The Kier molecular flexibility index (Phi) is 6.75. The number of fused-ring (bicyclic) bond motifs is 1. The molecule has 7 heteroatoms. The number of nitrogens with one attached hydrogen (secondary N) is 3. The highest BCUT2D eigenvalue weighted by molar-refractivity contribution is 6.03. The standard InChI is InChI=1S/C28H29N5O2/c34-26(18-20-10-12-22(13-11-20)27-30-16-17-31-27)29-15-14-25-28(35)32-23-8-4-5-9-24(23)33(25)19-21-6-2-1-3-7-21/h1-13,25H,14-19H2,(H,29,34)(H,30,31)(H,32,35)/t25-/m1/s1. The van der Waals surface area contributed by atoms with Gasteiger partial charge in [0.25, 0.3) is 0 Å². The summed E-state index contributed by atoms with van der Waals surface area (Å²) in [7, 11) is 0. The number of anilines is 2.